The van der Waals surface area contributed by atoms with Crippen LogP contribution in [0.25, 0.3) is 0 Å². The van der Waals surface area contributed by atoms with Crippen LogP contribution in [0.4, 0.5) is 9.59 Å². The molecule has 5 amide bonds. The number of carbonyl (C=O) groups excluding carboxylic acids is 3. The third-order valence-corrected chi connectivity index (χ3v) is 3.76. The highest BCUT2D eigenvalue weighted by atomic mass is 16.3. The van der Waals surface area contributed by atoms with E-state index in [1.165, 1.54) is 12.5 Å². The lowest BCUT2D eigenvalue weighted by Gasteiger charge is -2.19. The maximum absolute atomic E-state index is 12.4. The Hall–Kier alpha value is -3.62. The molecule has 0 spiro atoms. The van der Waals surface area contributed by atoms with E-state index in [1.54, 1.807) is 42.5 Å². The van der Waals surface area contributed by atoms with Gasteiger partial charge in [0.2, 0.25) is 0 Å². The minimum Gasteiger partial charge on any atom is -0.463 e. The molecule has 0 saturated carbocycles. The summed E-state index contributed by atoms with van der Waals surface area (Å²) in [6.45, 7) is 0.335. The molecule has 0 bridgehead atoms. The summed E-state index contributed by atoms with van der Waals surface area (Å²) in [5, 5.41) is 7.55. The van der Waals surface area contributed by atoms with Gasteiger partial charge in [-0.25, -0.2) is 19.5 Å². The first kappa shape index (κ1) is 17.2. The lowest BCUT2D eigenvalue weighted by Crippen LogP contribution is -2.45. The molecule has 3 rings (SSSR count). The topological polar surface area (TPSA) is 119 Å². The number of furan rings is 1. The molecule has 9 heteroatoms. The Bertz CT molecular complexity index is 819. The number of amides is 5. The molecule has 2 aromatic rings. The highest BCUT2D eigenvalue weighted by molar-refractivity contribution is 5.97. The number of nitrogens with one attached hydrogen (secondary N) is 2. The van der Waals surface area contributed by atoms with Crippen molar-refractivity contribution in [2.75, 3.05) is 13.1 Å². The van der Waals surface area contributed by atoms with Crippen molar-refractivity contribution < 1.29 is 18.8 Å². The van der Waals surface area contributed by atoms with E-state index < -0.39 is 24.0 Å². The van der Waals surface area contributed by atoms with E-state index in [4.69, 9.17) is 10.2 Å². The van der Waals surface area contributed by atoms with Crippen LogP contribution >= 0.6 is 0 Å². The fourth-order valence-electron chi connectivity index (χ4n) is 2.46. The SMILES string of the molecule is [NH]C(=O)C(NC(=O)N1CCN(N=Cc2ccco2)C1=O)c1ccccc1. The summed E-state index contributed by atoms with van der Waals surface area (Å²) in [4.78, 5) is 37.2. The van der Waals surface area contributed by atoms with Crippen LogP contribution in [0, 0.1) is 0 Å². The van der Waals surface area contributed by atoms with Gasteiger partial charge in [-0.3, -0.25) is 10.5 Å². The van der Waals surface area contributed by atoms with E-state index in [1.807, 2.05) is 0 Å². The molecular formula is C17H16N5O4. The number of rotatable bonds is 5. The fraction of sp³-hybridized carbons (Fsp3) is 0.176. The smallest absolute Gasteiger partial charge is 0.348 e. The number of carbonyl (C=O) groups is 3. The van der Waals surface area contributed by atoms with Gasteiger partial charge in [0.25, 0.3) is 5.91 Å². The first-order valence-electron chi connectivity index (χ1n) is 7.83. The largest absolute Gasteiger partial charge is 0.463 e. The van der Waals surface area contributed by atoms with Crippen LogP contribution in [-0.2, 0) is 4.79 Å². The Morgan fingerprint density at radius 2 is 1.96 bits per heavy atom. The number of hydrazone groups is 1. The van der Waals surface area contributed by atoms with Gasteiger partial charge in [0.05, 0.1) is 25.6 Å². The monoisotopic (exact) mass is 354 g/mol. The highest BCUT2D eigenvalue weighted by Gasteiger charge is 2.35. The molecule has 1 saturated heterocycles. The van der Waals surface area contributed by atoms with E-state index in [2.05, 4.69) is 10.4 Å². The second-order valence-corrected chi connectivity index (χ2v) is 5.47. The van der Waals surface area contributed by atoms with Crippen LogP contribution in [0.5, 0.6) is 0 Å². The zero-order valence-corrected chi connectivity index (χ0v) is 13.7. The normalized spacial score (nSPS) is 15.5. The van der Waals surface area contributed by atoms with Gasteiger partial charge in [-0.05, 0) is 17.7 Å². The summed E-state index contributed by atoms with van der Waals surface area (Å²) in [5.41, 5.74) is 7.84. The van der Waals surface area contributed by atoms with Crippen LogP contribution in [-0.4, -0.2) is 47.2 Å². The Morgan fingerprint density at radius 1 is 1.19 bits per heavy atom. The number of hydrogen-bond donors (Lipinski definition) is 1. The van der Waals surface area contributed by atoms with Crippen LogP contribution in [0.15, 0.2) is 58.2 Å². The molecule has 9 nitrogen and oxygen atoms in total. The Morgan fingerprint density at radius 3 is 2.62 bits per heavy atom. The van der Waals surface area contributed by atoms with Gasteiger partial charge >= 0.3 is 12.1 Å². The van der Waals surface area contributed by atoms with Crippen molar-refractivity contribution in [1.82, 2.24) is 21.0 Å². The first-order valence-corrected chi connectivity index (χ1v) is 7.83. The average Bonchev–Trinajstić information content (AvgIpc) is 3.28. The molecule has 1 aliphatic rings. The number of hydrogen-bond acceptors (Lipinski definition) is 5. The number of benzene rings is 1. The summed E-state index contributed by atoms with van der Waals surface area (Å²) < 4.78 is 5.09. The van der Waals surface area contributed by atoms with Gasteiger partial charge in [-0.2, -0.15) is 5.10 Å². The summed E-state index contributed by atoms with van der Waals surface area (Å²) >= 11 is 0. The quantitative estimate of drug-likeness (QED) is 0.820. The lowest BCUT2D eigenvalue weighted by atomic mass is 10.1. The molecular weight excluding hydrogens is 338 g/mol. The van der Waals surface area contributed by atoms with E-state index in [9.17, 15) is 14.4 Å². The van der Waals surface area contributed by atoms with Gasteiger partial charge in [0, 0.05) is 0 Å². The molecule has 1 aliphatic heterocycles. The minimum atomic E-state index is -1.14. The number of nitrogens with zero attached hydrogens (tertiary/aromatic N) is 3. The van der Waals surface area contributed by atoms with Crippen molar-refractivity contribution in [3.63, 3.8) is 0 Å². The molecule has 133 valence electrons. The predicted octanol–water partition coefficient (Wildman–Crippen LogP) is 1.61. The van der Waals surface area contributed by atoms with Crippen molar-refractivity contribution in [2.45, 2.75) is 6.04 Å². The molecule has 1 aromatic heterocycles. The molecule has 1 radical (unpaired) electrons. The third-order valence-electron chi connectivity index (χ3n) is 3.76. The average molecular weight is 354 g/mol. The van der Waals surface area contributed by atoms with Gasteiger partial charge in [-0.1, -0.05) is 30.3 Å². The predicted molar refractivity (Wildman–Crippen MR) is 90.9 cm³/mol. The minimum absolute atomic E-state index is 0.119. The van der Waals surface area contributed by atoms with Crippen LogP contribution in [0.3, 0.4) is 0 Å². The lowest BCUT2D eigenvalue weighted by molar-refractivity contribution is -0.120. The Balaban J connectivity index is 1.66. The van der Waals surface area contributed by atoms with Crippen LogP contribution in [0.1, 0.15) is 17.4 Å². The highest BCUT2D eigenvalue weighted by Crippen LogP contribution is 2.15. The van der Waals surface area contributed by atoms with Gasteiger partial charge < -0.3 is 9.73 Å². The summed E-state index contributed by atoms with van der Waals surface area (Å²) in [6, 6.07) is 9.27. The summed E-state index contributed by atoms with van der Waals surface area (Å²) in [6.07, 6.45) is 2.86. The van der Waals surface area contributed by atoms with E-state index in [0.717, 1.165) is 9.91 Å². The zero-order valence-electron chi connectivity index (χ0n) is 13.7. The molecule has 1 aromatic carbocycles. The molecule has 1 atom stereocenters. The van der Waals surface area contributed by atoms with Gasteiger partial charge in [-0.15, -0.1) is 0 Å². The standard InChI is InChI=1S/C17H16N5O4/c18-15(23)14(12-5-2-1-3-6-12)20-16(24)21-8-9-22(17(21)25)19-11-13-7-4-10-26-13/h1-7,10-11,14,18H,8-9H2,(H,20,24). The molecule has 1 fully saturated rings. The number of imide groups is 1. The molecule has 1 unspecified atom stereocenters. The summed E-state index contributed by atoms with van der Waals surface area (Å²) in [5.74, 6) is -0.492. The van der Waals surface area contributed by atoms with Crippen molar-refractivity contribution in [3.8, 4) is 0 Å². The maximum atomic E-state index is 12.4. The first-order chi connectivity index (χ1) is 12.6. The molecule has 0 aliphatic carbocycles. The summed E-state index contributed by atoms with van der Waals surface area (Å²) in [7, 11) is 0. The van der Waals surface area contributed by atoms with E-state index >= 15 is 0 Å². The third kappa shape index (κ3) is 3.72. The molecule has 2 heterocycles. The van der Waals surface area contributed by atoms with Crippen LogP contribution < -0.4 is 11.1 Å². The Kier molecular flexibility index (Phi) is 4.97. The van der Waals surface area contributed by atoms with Crippen molar-refractivity contribution in [3.05, 3.63) is 60.1 Å². The van der Waals surface area contributed by atoms with Crippen molar-refractivity contribution in [1.29, 1.82) is 0 Å². The second kappa shape index (κ2) is 7.51. The zero-order chi connectivity index (χ0) is 18.5. The van der Waals surface area contributed by atoms with Crippen molar-refractivity contribution in [2.24, 2.45) is 5.10 Å². The van der Waals surface area contributed by atoms with Gasteiger partial charge in [0.15, 0.2) is 0 Å². The van der Waals surface area contributed by atoms with E-state index in [-0.39, 0.29) is 13.1 Å². The Labute approximate surface area is 149 Å². The fourth-order valence-corrected chi connectivity index (χ4v) is 2.46. The maximum Gasteiger partial charge on any atom is 0.348 e. The number of urea groups is 2. The molecule has 2 N–H and O–H groups in total. The van der Waals surface area contributed by atoms with Crippen molar-refractivity contribution >= 4 is 24.2 Å². The molecule has 26 heavy (non-hydrogen) atoms. The van der Waals surface area contributed by atoms with E-state index in [0.29, 0.717) is 11.3 Å². The second-order valence-electron chi connectivity index (χ2n) is 5.47. The van der Waals surface area contributed by atoms with Crippen LogP contribution in [0.2, 0.25) is 0 Å². The van der Waals surface area contributed by atoms with Gasteiger partial charge in [0.1, 0.15) is 11.8 Å².